The molecule has 2 aliphatic rings. The van der Waals surface area contributed by atoms with Crippen molar-refractivity contribution in [2.75, 3.05) is 56.4 Å². The van der Waals surface area contributed by atoms with E-state index in [4.69, 9.17) is 28.9 Å². The number of hydrogen-bond donors (Lipinski definition) is 4. The molecule has 3 heterocycles. The van der Waals surface area contributed by atoms with Crippen molar-refractivity contribution in [3.8, 4) is 0 Å². The van der Waals surface area contributed by atoms with Gasteiger partial charge in [0.25, 0.3) is 0 Å². The van der Waals surface area contributed by atoms with Crippen molar-refractivity contribution in [2.24, 2.45) is 0 Å². The fourth-order valence-corrected chi connectivity index (χ4v) is 8.86. The monoisotopic (exact) mass is 1050 g/mol. The smallest absolute Gasteiger partial charge is 0.410 e. The minimum atomic E-state index is -1.03. The number of carbonyl (C=O) groups excluding carboxylic acids is 5. The Kier molecular flexibility index (Phi) is 21.7. The molecule has 4 amide bonds. The molecule has 5 rings (SSSR count). The van der Waals surface area contributed by atoms with Crippen LogP contribution in [0.1, 0.15) is 159 Å². The van der Waals surface area contributed by atoms with Crippen LogP contribution in [0.4, 0.5) is 26.1 Å². The molecule has 1 saturated carbocycles. The number of fused-ring (bicyclic) bond motifs is 1. The van der Waals surface area contributed by atoms with Gasteiger partial charge in [0, 0.05) is 76.2 Å². The van der Waals surface area contributed by atoms with Gasteiger partial charge in [0.05, 0.1) is 18.3 Å². The average molecular weight is 1050 g/mol. The summed E-state index contributed by atoms with van der Waals surface area (Å²) in [6.07, 6.45) is 8.74. The number of alkyl carbamates (subject to hydrolysis) is 1. The van der Waals surface area contributed by atoms with E-state index in [1.165, 1.54) is 6.42 Å². The van der Waals surface area contributed by atoms with E-state index in [0.717, 1.165) is 68.3 Å². The number of amides is 4. The van der Waals surface area contributed by atoms with E-state index in [2.05, 4.69) is 36.5 Å². The lowest BCUT2D eigenvalue weighted by atomic mass is 9.94. The number of ether oxygens (including phenoxy) is 4. The van der Waals surface area contributed by atoms with Crippen LogP contribution in [0.2, 0.25) is 0 Å². The van der Waals surface area contributed by atoms with Crippen molar-refractivity contribution in [2.45, 2.75) is 207 Å². The van der Waals surface area contributed by atoms with Gasteiger partial charge in [-0.15, -0.1) is 5.10 Å². The highest BCUT2D eigenvalue weighted by Gasteiger charge is 2.32. The van der Waals surface area contributed by atoms with E-state index in [-0.39, 0.29) is 43.0 Å². The fraction of sp³-hybridized carbons (Fsp3) is 0.722. The standard InChI is InChI=1S/C54H88N12O9/c1-51(2,3)72-46(68)43(59-48(69)73-52(4,5)6)24-25-44(67)55-28-35-63-33-26-38(27-34-63)57-45-41-22-16-17-23-42(41)58-47(60-45)56-36-39-37-65(62-61-39)31-18-29-64(49(70)74-53(7,8)9)30-19-32-66(40-20-14-13-15-21-40)50(71)75-54(10,11)12/h16-17,22-23,37-38,40,43H,13-15,18-21,24-36H2,1-12H3,(H,55,67)(H,59,69)(H2,56,57,58,60)/t43-/m0/s1. The number of nitrogens with zero attached hydrogens (tertiary/aromatic N) is 8. The van der Waals surface area contributed by atoms with Gasteiger partial charge < -0.3 is 54.9 Å². The Bertz CT molecular complexity index is 2320. The molecule has 4 N–H and O–H groups in total. The summed E-state index contributed by atoms with van der Waals surface area (Å²) in [5.41, 5.74) is -1.26. The molecular weight excluding hydrogens is 961 g/mol. The van der Waals surface area contributed by atoms with Crippen molar-refractivity contribution in [1.82, 2.24) is 50.3 Å². The minimum Gasteiger partial charge on any atom is -0.458 e. The number of carbonyl (C=O) groups is 5. The number of benzene rings is 1. The highest BCUT2D eigenvalue weighted by molar-refractivity contribution is 5.90. The lowest BCUT2D eigenvalue weighted by Crippen LogP contribution is -2.46. The number of aromatic nitrogens is 5. The van der Waals surface area contributed by atoms with Crippen LogP contribution in [0.25, 0.3) is 10.9 Å². The number of piperidine rings is 1. The third kappa shape index (κ3) is 22.0. The third-order valence-corrected chi connectivity index (χ3v) is 12.3. The maximum absolute atomic E-state index is 13.4. The van der Waals surface area contributed by atoms with E-state index in [1.807, 2.05) is 76.9 Å². The van der Waals surface area contributed by atoms with E-state index in [0.29, 0.717) is 70.3 Å². The predicted octanol–water partition coefficient (Wildman–Crippen LogP) is 8.43. The number of esters is 1. The Morgan fingerprint density at radius 2 is 1.37 bits per heavy atom. The largest absolute Gasteiger partial charge is 0.458 e. The van der Waals surface area contributed by atoms with Gasteiger partial charge in [-0.25, -0.2) is 24.2 Å². The summed E-state index contributed by atoms with van der Waals surface area (Å²) in [7, 11) is 0. The molecule has 1 aromatic carbocycles. The Labute approximate surface area is 444 Å². The van der Waals surface area contributed by atoms with E-state index in [9.17, 15) is 24.0 Å². The van der Waals surface area contributed by atoms with Crippen LogP contribution < -0.4 is 21.3 Å². The molecule has 1 aliphatic carbocycles. The fourth-order valence-electron chi connectivity index (χ4n) is 8.86. The normalized spacial score (nSPS) is 15.6. The average Bonchev–Trinajstić information content (AvgIpc) is 3.76. The van der Waals surface area contributed by atoms with Crippen molar-refractivity contribution < 1.29 is 42.9 Å². The molecule has 1 saturated heterocycles. The predicted molar refractivity (Wildman–Crippen MR) is 288 cm³/mol. The van der Waals surface area contributed by atoms with Gasteiger partial charge in [-0.3, -0.25) is 9.48 Å². The first-order chi connectivity index (χ1) is 35.2. The number of para-hydroxylation sites is 1. The number of aryl methyl sites for hydroxylation is 1. The van der Waals surface area contributed by atoms with Gasteiger partial charge in [0.2, 0.25) is 11.9 Å². The highest BCUT2D eigenvalue weighted by Crippen LogP contribution is 2.27. The number of nitrogens with one attached hydrogen (secondary N) is 4. The molecule has 1 atom stereocenters. The number of likely N-dealkylation sites (tertiary alicyclic amines) is 1. The first kappa shape index (κ1) is 59.9. The Hall–Kier alpha value is -5.99. The topological polar surface area (TPSA) is 237 Å². The number of anilines is 2. The van der Waals surface area contributed by atoms with Gasteiger partial charge in [0.15, 0.2) is 0 Å². The zero-order valence-corrected chi connectivity index (χ0v) is 47.0. The van der Waals surface area contributed by atoms with E-state index < -0.39 is 40.5 Å². The van der Waals surface area contributed by atoms with Crippen LogP contribution in [0.5, 0.6) is 0 Å². The van der Waals surface area contributed by atoms with Gasteiger partial charge >= 0.3 is 24.2 Å². The molecule has 1 aliphatic heterocycles. The molecule has 0 radical (unpaired) electrons. The summed E-state index contributed by atoms with van der Waals surface area (Å²) in [6.45, 7) is 26.6. The number of rotatable bonds is 22. The van der Waals surface area contributed by atoms with E-state index >= 15 is 0 Å². The lowest BCUT2D eigenvalue weighted by molar-refractivity contribution is -0.157. The lowest BCUT2D eigenvalue weighted by Gasteiger charge is -2.36. The second-order valence-electron chi connectivity index (χ2n) is 23.8. The van der Waals surface area contributed by atoms with Crippen LogP contribution in [0.3, 0.4) is 0 Å². The van der Waals surface area contributed by atoms with Crippen molar-refractivity contribution in [3.05, 3.63) is 36.2 Å². The molecule has 2 fully saturated rings. The second kappa shape index (κ2) is 27.2. The van der Waals surface area contributed by atoms with Crippen LogP contribution >= 0.6 is 0 Å². The molecule has 418 valence electrons. The zero-order valence-electron chi connectivity index (χ0n) is 47.0. The summed E-state index contributed by atoms with van der Waals surface area (Å²) < 4.78 is 24.2. The van der Waals surface area contributed by atoms with Crippen LogP contribution in [-0.4, -0.2) is 156 Å². The SMILES string of the molecule is CC(C)(C)OC(=O)N[C@@H](CCC(=O)NCCN1CCC(Nc2nc(NCc3cn(CCCN(CCCN(C(=O)OC(C)(C)C)C4CCCCC4)C(=O)OC(C)(C)C)nn3)nc3ccccc23)CC1)C(=O)OC(C)(C)C. The molecule has 2 aromatic heterocycles. The molecule has 21 heteroatoms. The van der Waals surface area contributed by atoms with Gasteiger partial charge in [0.1, 0.15) is 40.0 Å². The Morgan fingerprint density at radius 3 is 2.04 bits per heavy atom. The molecule has 0 spiro atoms. The molecule has 3 aromatic rings. The van der Waals surface area contributed by atoms with Gasteiger partial charge in [-0.2, -0.15) is 4.98 Å². The first-order valence-corrected chi connectivity index (χ1v) is 27.0. The summed E-state index contributed by atoms with van der Waals surface area (Å²) in [5.74, 6) is 0.348. The molecule has 0 bridgehead atoms. The maximum Gasteiger partial charge on any atom is 0.410 e. The second-order valence-corrected chi connectivity index (χ2v) is 23.8. The number of hydrogen-bond acceptors (Lipinski definition) is 16. The molecular formula is C54H88N12O9. The van der Waals surface area contributed by atoms with Crippen LogP contribution in [0.15, 0.2) is 30.5 Å². The zero-order chi connectivity index (χ0) is 55.0. The summed E-state index contributed by atoms with van der Waals surface area (Å²) >= 11 is 0. The van der Waals surface area contributed by atoms with Crippen molar-refractivity contribution in [1.29, 1.82) is 0 Å². The highest BCUT2D eigenvalue weighted by atomic mass is 16.6. The Morgan fingerprint density at radius 1 is 0.733 bits per heavy atom. The summed E-state index contributed by atoms with van der Waals surface area (Å²) in [5, 5.41) is 22.2. The summed E-state index contributed by atoms with van der Waals surface area (Å²) in [6, 6.07) is 7.16. The minimum absolute atomic E-state index is 0.0233. The van der Waals surface area contributed by atoms with Crippen molar-refractivity contribution in [3.63, 3.8) is 0 Å². The molecule has 21 nitrogen and oxygen atoms in total. The quantitative estimate of drug-likeness (QED) is 0.0546. The van der Waals surface area contributed by atoms with E-state index in [1.54, 1.807) is 51.1 Å². The maximum atomic E-state index is 13.4. The van der Waals surface area contributed by atoms with Gasteiger partial charge in [-0.1, -0.05) is 36.6 Å². The third-order valence-electron chi connectivity index (χ3n) is 12.3. The first-order valence-electron chi connectivity index (χ1n) is 27.0. The van der Waals surface area contributed by atoms with Gasteiger partial charge in [-0.05, 0) is 140 Å². The summed E-state index contributed by atoms with van der Waals surface area (Å²) in [4.78, 5) is 80.6. The molecule has 0 unspecified atom stereocenters. The van der Waals surface area contributed by atoms with Crippen LogP contribution in [-0.2, 0) is 41.6 Å². The van der Waals surface area contributed by atoms with Crippen LogP contribution in [0, 0.1) is 0 Å². The molecule has 75 heavy (non-hydrogen) atoms. The van der Waals surface area contributed by atoms with Crippen molar-refractivity contribution >= 4 is 52.8 Å². The Balaban J connectivity index is 1.08.